The lowest BCUT2D eigenvalue weighted by Crippen LogP contribution is -2.28. The van der Waals surface area contributed by atoms with E-state index < -0.39 is 4.92 Å². The molecule has 0 spiro atoms. The zero-order valence-electron chi connectivity index (χ0n) is 12.3. The minimum atomic E-state index is -0.431. The second-order valence-electron chi connectivity index (χ2n) is 5.35. The molecular weight excluding hydrogens is 286 g/mol. The Kier molecular flexibility index (Phi) is 4.01. The summed E-state index contributed by atoms with van der Waals surface area (Å²) >= 11 is 0. The SMILES string of the molecule is CN1CCCN(c2nc(-c3ccc([N+](=O)[O-])cc3)no2)CC1. The molecule has 0 atom stereocenters. The third kappa shape index (κ3) is 3.06. The van der Waals surface area contributed by atoms with Crippen molar-refractivity contribution >= 4 is 11.7 Å². The molecule has 1 aromatic heterocycles. The monoisotopic (exact) mass is 303 g/mol. The van der Waals surface area contributed by atoms with Crippen molar-refractivity contribution in [3.8, 4) is 11.4 Å². The summed E-state index contributed by atoms with van der Waals surface area (Å²) in [5.41, 5.74) is 0.746. The molecule has 0 bridgehead atoms. The predicted octanol–water partition coefficient (Wildman–Crippen LogP) is 1.79. The lowest BCUT2D eigenvalue weighted by molar-refractivity contribution is -0.384. The van der Waals surface area contributed by atoms with E-state index in [1.807, 2.05) is 0 Å². The highest BCUT2D eigenvalue weighted by Gasteiger charge is 2.19. The lowest BCUT2D eigenvalue weighted by Gasteiger charge is -2.16. The largest absolute Gasteiger partial charge is 0.324 e. The first-order valence-electron chi connectivity index (χ1n) is 7.15. The molecule has 116 valence electrons. The number of nitrogens with zero attached hydrogens (tertiary/aromatic N) is 5. The van der Waals surface area contributed by atoms with Crippen molar-refractivity contribution < 1.29 is 9.45 Å². The Morgan fingerprint density at radius 1 is 1.18 bits per heavy atom. The standard InChI is InChI=1S/C14H17N5O3/c1-17-7-2-8-18(10-9-17)14-15-13(16-22-14)11-3-5-12(6-4-11)19(20)21/h3-6H,2,7-10H2,1H3. The van der Waals surface area contributed by atoms with Crippen LogP contribution < -0.4 is 4.90 Å². The van der Waals surface area contributed by atoms with Gasteiger partial charge in [-0.1, -0.05) is 5.16 Å². The third-order valence-corrected chi connectivity index (χ3v) is 3.74. The molecule has 3 rings (SSSR count). The Labute approximate surface area is 127 Å². The number of nitro groups is 1. The summed E-state index contributed by atoms with van der Waals surface area (Å²) in [5.74, 6) is 0.447. The van der Waals surface area contributed by atoms with Gasteiger partial charge in [0.25, 0.3) is 5.69 Å². The summed E-state index contributed by atoms with van der Waals surface area (Å²) in [5, 5.41) is 14.6. The van der Waals surface area contributed by atoms with E-state index in [9.17, 15) is 10.1 Å². The number of rotatable bonds is 3. The summed E-state index contributed by atoms with van der Waals surface area (Å²) in [7, 11) is 2.10. The average molecular weight is 303 g/mol. The van der Waals surface area contributed by atoms with Crippen LogP contribution in [0.15, 0.2) is 28.8 Å². The van der Waals surface area contributed by atoms with Gasteiger partial charge in [-0.3, -0.25) is 10.1 Å². The smallest absolute Gasteiger partial charge is 0.323 e. The van der Waals surface area contributed by atoms with Gasteiger partial charge in [-0.2, -0.15) is 4.98 Å². The molecular formula is C14H17N5O3. The number of aromatic nitrogens is 2. The van der Waals surface area contributed by atoms with Gasteiger partial charge in [-0.05, 0) is 32.1 Å². The first kappa shape index (κ1) is 14.5. The molecule has 1 aliphatic heterocycles. The van der Waals surface area contributed by atoms with E-state index in [1.54, 1.807) is 12.1 Å². The van der Waals surface area contributed by atoms with Crippen molar-refractivity contribution in [2.75, 3.05) is 38.1 Å². The number of hydrogen-bond donors (Lipinski definition) is 0. The van der Waals surface area contributed by atoms with Crippen molar-refractivity contribution in [1.82, 2.24) is 15.0 Å². The molecule has 0 N–H and O–H groups in total. The zero-order valence-corrected chi connectivity index (χ0v) is 12.3. The third-order valence-electron chi connectivity index (χ3n) is 3.74. The van der Waals surface area contributed by atoms with Crippen LogP contribution in [0.5, 0.6) is 0 Å². The number of benzene rings is 1. The summed E-state index contributed by atoms with van der Waals surface area (Å²) in [4.78, 5) is 19.0. The Morgan fingerprint density at radius 3 is 2.68 bits per heavy atom. The van der Waals surface area contributed by atoms with E-state index in [0.29, 0.717) is 17.4 Å². The zero-order chi connectivity index (χ0) is 15.5. The number of likely N-dealkylation sites (N-methyl/N-ethyl adjacent to an activating group) is 1. The fourth-order valence-electron chi connectivity index (χ4n) is 2.43. The summed E-state index contributed by atoms with van der Waals surface area (Å²) in [6, 6.07) is 6.63. The van der Waals surface area contributed by atoms with Gasteiger partial charge in [0.05, 0.1) is 4.92 Å². The molecule has 0 saturated carbocycles. The van der Waals surface area contributed by atoms with Crippen LogP contribution in [0.4, 0.5) is 11.7 Å². The number of anilines is 1. The normalized spacial score (nSPS) is 16.5. The molecule has 0 aliphatic carbocycles. The minimum Gasteiger partial charge on any atom is -0.323 e. The quantitative estimate of drug-likeness (QED) is 0.630. The van der Waals surface area contributed by atoms with Crippen LogP contribution in [-0.2, 0) is 0 Å². The fourth-order valence-corrected chi connectivity index (χ4v) is 2.43. The maximum Gasteiger partial charge on any atom is 0.324 e. The summed E-state index contributed by atoms with van der Waals surface area (Å²) in [6.07, 6.45) is 1.05. The van der Waals surface area contributed by atoms with Crippen LogP contribution in [0.3, 0.4) is 0 Å². The van der Waals surface area contributed by atoms with Gasteiger partial charge < -0.3 is 14.3 Å². The van der Waals surface area contributed by atoms with Crippen LogP contribution in [0.2, 0.25) is 0 Å². The second kappa shape index (κ2) is 6.10. The van der Waals surface area contributed by atoms with Crippen molar-refractivity contribution in [1.29, 1.82) is 0 Å². The van der Waals surface area contributed by atoms with E-state index in [4.69, 9.17) is 4.52 Å². The van der Waals surface area contributed by atoms with E-state index in [0.717, 1.165) is 32.6 Å². The summed E-state index contributed by atoms with van der Waals surface area (Å²) in [6.45, 7) is 3.74. The van der Waals surface area contributed by atoms with Crippen molar-refractivity contribution in [3.63, 3.8) is 0 Å². The highest BCUT2D eigenvalue weighted by molar-refractivity contribution is 5.57. The average Bonchev–Trinajstić information content (AvgIpc) is 2.91. The van der Waals surface area contributed by atoms with Gasteiger partial charge in [0.2, 0.25) is 5.82 Å². The van der Waals surface area contributed by atoms with Crippen molar-refractivity contribution in [3.05, 3.63) is 34.4 Å². The first-order valence-corrected chi connectivity index (χ1v) is 7.15. The van der Waals surface area contributed by atoms with E-state index >= 15 is 0 Å². The van der Waals surface area contributed by atoms with Gasteiger partial charge in [0.1, 0.15) is 0 Å². The minimum absolute atomic E-state index is 0.0445. The van der Waals surface area contributed by atoms with E-state index in [1.165, 1.54) is 12.1 Å². The molecule has 1 saturated heterocycles. The molecule has 0 amide bonds. The molecule has 2 aromatic rings. The van der Waals surface area contributed by atoms with Crippen LogP contribution in [0.1, 0.15) is 6.42 Å². The second-order valence-corrected chi connectivity index (χ2v) is 5.35. The van der Waals surface area contributed by atoms with Gasteiger partial charge in [0.15, 0.2) is 0 Å². The van der Waals surface area contributed by atoms with Gasteiger partial charge in [-0.15, -0.1) is 0 Å². The molecule has 0 unspecified atom stereocenters. The molecule has 2 heterocycles. The molecule has 1 aliphatic rings. The van der Waals surface area contributed by atoms with Gasteiger partial charge in [-0.25, -0.2) is 0 Å². The van der Waals surface area contributed by atoms with Crippen LogP contribution in [0.25, 0.3) is 11.4 Å². The van der Waals surface area contributed by atoms with Crippen molar-refractivity contribution in [2.45, 2.75) is 6.42 Å². The molecule has 1 fully saturated rings. The maximum atomic E-state index is 10.7. The Bertz CT molecular complexity index is 655. The molecule has 8 nitrogen and oxygen atoms in total. The Hall–Kier alpha value is -2.48. The molecule has 1 aromatic carbocycles. The van der Waals surface area contributed by atoms with Crippen LogP contribution in [0, 0.1) is 10.1 Å². The number of nitro benzene ring substituents is 1. The van der Waals surface area contributed by atoms with Crippen molar-refractivity contribution in [2.24, 2.45) is 0 Å². The highest BCUT2D eigenvalue weighted by atomic mass is 16.6. The maximum absolute atomic E-state index is 10.7. The van der Waals surface area contributed by atoms with Gasteiger partial charge in [0, 0.05) is 37.3 Å². The Balaban J connectivity index is 1.76. The first-order chi connectivity index (χ1) is 10.6. The number of non-ortho nitro benzene ring substituents is 1. The van der Waals surface area contributed by atoms with Crippen LogP contribution in [-0.4, -0.2) is 53.2 Å². The van der Waals surface area contributed by atoms with Gasteiger partial charge >= 0.3 is 6.01 Å². The Morgan fingerprint density at radius 2 is 1.95 bits per heavy atom. The molecule has 22 heavy (non-hydrogen) atoms. The van der Waals surface area contributed by atoms with Crippen LogP contribution >= 0.6 is 0 Å². The highest BCUT2D eigenvalue weighted by Crippen LogP contribution is 2.22. The lowest BCUT2D eigenvalue weighted by atomic mass is 10.2. The predicted molar refractivity (Wildman–Crippen MR) is 80.7 cm³/mol. The van der Waals surface area contributed by atoms with E-state index in [2.05, 4.69) is 27.0 Å². The molecule has 8 heteroatoms. The summed E-state index contributed by atoms with van der Waals surface area (Å²) < 4.78 is 5.34. The molecule has 0 radical (unpaired) electrons. The van der Waals surface area contributed by atoms with E-state index in [-0.39, 0.29) is 5.69 Å². The fraction of sp³-hybridized carbons (Fsp3) is 0.429. The number of hydrogen-bond acceptors (Lipinski definition) is 7. The topological polar surface area (TPSA) is 88.5 Å².